The van der Waals surface area contributed by atoms with Crippen LogP contribution in [0.15, 0.2) is 54.6 Å². The first kappa shape index (κ1) is 19.5. The molecule has 0 spiro atoms. The number of hydrogen-bond donors (Lipinski definition) is 3. The zero-order chi connectivity index (χ0) is 18.8. The number of amides is 1. The third kappa shape index (κ3) is 6.57. The van der Waals surface area contributed by atoms with Gasteiger partial charge in [-0.25, -0.2) is 4.79 Å². The summed E-state index contributed by atoms with van der Waals surface area (Å²) in [5.74, 6) is -1.10. The summed E-state index contributed by atoms with van der Waals surface area (Å²) in [6.07, 6.45) is 2.88. The van der Waals surface area contributed by atoms with E-state index >= 15 is 0 Å². The smallest absolute Gasteiger partial charge is 0.407 e. The fraction of sp³-hybridized carbons (Fsp3) is 0.300. The third-order valence-electron chi connectivity index (χ3n) is 4.01. The number of fused-ring (bicyclic) bond motifs is 1. The van der Waals surface area contributed by atoms with Gasteiger partial charge in [0.1, 0.15) is 13.2 Å². The highest BCUT2D eigenvalue weighted by Gasteiger charge is 2.14. The first-order valence-electron chi connectivity index (χ1n) is 8.56. The monoisotopic (exact) mass is 356 g/mol. The molecule has 1 amide bonds. The molecule has 0 saturated heterocycles. The highest BCUT2D eigenvalue weighted by atomic mass is 16.5. The van der Waals surface area contributed by atoms with Crippen molar-refractivity contribution < 1.29 is 19.4 Å². The Balaban J connectivity index is 0.000000195. The van der Waals surface area contributed by atoms with Gasteiger partial charge in [-0.15, -0.1) is 0 Å². The SMILES string of the molecule is NC1CCCc2ccccc21.O=C(O)CNC(=O)OCc1ccccc1. The molecule has 3 rings (SSSR count). The number of aryl methyl sites for hydroxylation is 1. The Morgan fingerprint density at radius 2 is 1.81 bits per heavy atom. The van der Waals surface area contributed by atoms with E-state index < -0.39 is 18.6 Å². The van der Waals surface area contributed by atoms with E-state index in [1.54, 1.807) is 0 Å². The molecule has 0 fully saturated rings. The van der Waals surface area contributed by atoms with Crippen LogP contribution in [0.1, 0.15) is 35.6 Å². The van der Waals surface area contributed by atoms with Crippen LogP contribution in [0.3, 0.4) is 0 Å². The molecule has 0 saturated carbocycles. The van der Waals surface area contributed by atoms with Gasteiger partial charge in [0.05, 0.1) is 0 Å². The van der Waals surface area contributed by atoms with Crippen molar-refractivity contribution in [2.45, 2.75) is 31.9 Å². The molecule has 0 heterocycles. The van der Waals surface area contributed by atoms with E-state index in [-0.39, 0.29) is 6.61 Å². The van der Waals surface area contributed by atoms with Crippen molar-refractivity contribution in [1.29, 1.82) is 0 Å². The number of rotatable bonds is 4. The molecule has 6 nitrogen and oxygen atoms in total. The number of benzene rings is 2. The molecule has 1 atom stereocenters. The molecule has 1 aliphatic carbocycles. The average molecular weight is 356 g/mol. The molecule has 1 unspecified atom stereocenters. The summed E-state index contributed by atoms with van der Waals surface area (Å²) >= 11 is 0. The van der Waals surface area contributed by atoms with Crippen LogP contribution in [0.5, 0.6) is 0 Å². The lowest BCUT2D eigenvalue weighted by molar-refractivity contribution is -0.135. The predicted molar refractivity (Wildman–Crippen MR) is 98.6 cm³/mol. The lowest BCUT2D eigenvalue weighted by Gasteiger charge is -2.21. The van der Waals surface area contributed by atoms with Gasteiger partial charge in [-0.2, -0.15) is 0 Å². The van der Waals surface area contributed by atoms with Crippen LogP contribution < -0.4 is 11.1 Å². The summed E-state index contributed by atoms with van der Waals surface area (Å²) in [7, 11) is 0. The van der Waals surface area contributed by atoms with Gasteiger partial charge in [0, 0.05) is 6.04 Å². The molecule has 2 aromatic carbocycles. The number of carbonyl (C=O) groups excluding carboxylic acids is 1. The fourth-order valence-corrected chi connectivity index (χ4v) is 2.71. The van der Waals surface area contributed by atoms with Crippen molar-refractivity contribution in [3.8, 4) is 0 Å². The van der Waals surface area contributed by atoms with Crippen LogP contribution in [0.4, 0.5) is 4.79 Å². The zero-order valence-corrected chi connectivity index (χ0v) is 14.6. The summed E-state index contributed by atoms with van der Waals surface area (Å²) in [5, 5.41) is 10.4. The number of hydrogen-bond acceptors (Lipinski definition) is 4. The minimum Gasteiger partial charge on any atom is -0.480 e. The topological polar surface area (TPSA) is 102 Å². The summed E-state index contributed by atoms with van der Waals surface area (Å²) in [6.45, 7) is -0.306. The minimum absolute atomic E-state index is 0.131. The second-order valence-corrected chi connectivity index (χ2v) is 6.01. The van der Waals surface area contributed by atoms with E-state index in [4.69, 9.17) is 15.6 Å². The lowest BCUT2D eigenvalue weighted by atomic mass is 9.88. The highest BCUT2D eigenvalue weighted by Crippen LogP contribution is 2.26. The number of ether oxygens (including phenoxy) is 1. The molecule has 6 heteroatoms. The Morgan fingerprint density at radius 3 is 2.50 bits per heavy atom. The van der Waals surface area contributed by atoms with Gasteiger partial charge in [-0.3, -0.25) is 4.79 Å². The second kappa shape index (κ2) is 10.2. The molecule has 0 aliphatic heterocycles. The number of nitrogens with two attached hydrogens (primary N) is 1. The van der Waals surface area contributed by atoms with E-state index in [1.807, 2.05) is 30.3 Å². The second-order valence-electron chi connectivity index (χ2n) is 6.01. The quantitative estimate of drug-likeness (QED) is 0.781. The molecule has 0 aromatic heterocycles. The van der Waals surface area contributed by atoms with Gasteiger partial charge in [0.2, 0.25) is 0 Å². The molecule has 26 heavy (non-hydrogen) atoms. The number of aliphatic carboxylic acids is 1. The Hall–Kier alpha value is -2.86. The summed E-state index contributed by atoms with van der Waals surface area (Å²) < 4.78 is 4.77. The van der Waals surface area contributed by atoms with E-state index in [0.29, 0.717) is 6.04 Å². The van der Waals surface area contributed by atoms with Crippen LogP contribution in [-0.2, 0) is 22.6 Å². The van der Waals surface area contributed by atoms with Gasteiger partial charge in [0.25, 0.3) is 0 Å². The molecule has 4 N–H and O–H groups in total. The summed E-state index contributed by atoms with van der Waals surface area (Å²) in [5.41, 5.74) is 9.61. The largest absolute Gasteiger partial charge is 0.480 e. The number of carboxylic acids is 1. The Kier molecular flexibility index (Phi) is 7.64. The molecule has 2 aromatic rings. The van der Waals surface area contributed by atoms with Crippen molar-refractivity contribution in [1.82, 2.24) is 5.32 Å². The molecular weight excluding hydrogens is 332 g/mol. The van der Waals surface area contributed by atoms with Crippen LogP contribution in [0.25, 0.3) is 0 Å². The molecule has 138 valence electrons. The standard InChI is InChI=1S/C10H11NO4.C10H13N/c12-9(13)6-11-10(14)15-7-8-4-2-1-3-5-8;11-10-7-3-5-8-4-1-2-6-9(8)10/h1-5H,6-7H2,(H,11,14)(H,12,13);1-2,4,6,10H,3,5,7,11H2. The zero-order valence-electron chi connectivity index (χ0n) is 14.6. The van der Waals surface area contributed by atoms with Crippen molar-refractivity contribution in [2.75, 3.05) is 6.54 Å². The summed E-state index contributed by atoms with van der Waals surface area (Å²) in [6, 6.07) is 17.9. The maximum Gasteiger partial charge on any atom is 0.407 e. The minimum atomic E-state index is -1.10. The normalized spacial score (nSPS) is 15.0. The number of alkyl carbamates (subject to hydrolysis) is 1. The molecule has 0 bridgehead atoms. The first-order chi connectivity index (χ1) is 12.6. The van der Waals surface area contributed by atoms with Crippen molar-refractivity contribution in [3.63, 3.8) is 0 Å². The van der Waals surface area contributed by atoms with Gasteiger partial charge >= 0.3 is 12.1 Å². The van der Waals surface area contributed by atoms with Crippen molar-refractivity contribution in [3.05, 3.63) is 71.3 Å². The van der Waals surface area contributed by atoms with Gasteiger partial charge in [0.15, 0.2) is 0 Å². The summed E-state index contributed by atoms with van der Waals surface area (Å²) in [4.78, 5) is 21.0. The number of carboxylic acid groups (broad SMARTS) is 1. The van der Waals surface area contributed by atoms with Crippen molar-refractivity contribution >= 4 is 12.1 Å². The number of nitrogens with one attached hydrogen (secondary N) is 1. The van der Waals surface area contributed by atoms with Crippen molar-refractivity contribution in [2.24, 2.45) is 5.73 Å². The van der Waals surface area contributed by atoms with Crippen LogP contribution in [0.2, 0.25) is 0 Å². The highest BCUT2D eigenvalue weighted by molar-refractivity contribution is 5.76. The van der Waals surface area contributed by atoms with Gasteiger partial charge in [-0.1, -0.05) is 54.6 Å². The van der Waals surface area contributed by atoms with Gasteiger partial charge < -0.3 is 20.9 Å². The lowest BCUT2D eigenvalue weighted by Crippen LogP contribution is -2.29. The van der Waals surface area contributed by atoms with Crippen LogP contribution in [-0.4, -0.2) is 23.7 Å². The first-order valence-corrected chi connectivity index (χ1v) is 8.56. The van der Waals surface area contributed by atoms with E-state index in [9.17, 15) is 9.59 Å². The Morgan fingerprint density at radius 1 is 1.12 bits per heavy atom. The number of carbonyl (C=O) groups is 2. The predicted octanol–water partition coefficient (Wildman–Crippen LogP) is 3.02. The average Bonchev–Trinajstić information content (AvgIpc) is 2.66. The maximum atomic E-state index is 10.9. The van der Waals surface area contributed by atoms with Crippen LogP contribution >= 0.6 is 0 Å². The third-order valence-corrected chi connectivity index (χ3v) is 4.01. The Bertz CT molecular complexity index is 719. The molecule has 1 aliphatic rings. The molecule has 0 radical (unpaired) electrons. The fourth-order valence-electron chi connectivity index (χ4n) is 2.71. The van der Waals surface area contributed by atoms with E-state index in [0.717, 1.165) is 12.0 Å². The Labute approximate surface area is 153 Å². The van der Waals surface area contributed by atoms with E-state index in [2.05, 4.69) is 29.6 Å². The van der Waals surface area contributed by atoms with Crippen LogP contribution in [0, 0.1) is 0 Å². The molecular formula is C20H24N2O4. The van der Waals surface area contributed by atoms with E-state index in [1.165, 1.54) is 24.0 Å². The van der Waals surface area contributed by atoms with Gasteiger partial charge in [-0.05, 0) is 36.0 Å². The maximum absolute atomic E-state index is 10.9.